The average Bonchev–Trinajstić information content (AvgIpc) is 2.27. The fourth-order valence-corrected chi connectivity index (χ4v) is 1.34. The van der Waals surface area contributed by atoms with E-state index >= 15 is 0 Å². The van der Waals surface area contributed by atoms with Crippen LogP contribution in [0, 0.1) is 0 Å². The molecule has 0 heterocycles. The van der Waals surface area contributed by atoms with E-state index in [-0.39, 0.29) is 11.9 Å². The third-order valence-electron chi connectivity index (χ3n) is 2.87. The Morgan fingerprint density at radius 3 is 2.27 bits per heavy atom. The van der Waals surface area contributed by atoms with Crippen LogP contribution in [0.1, 0.15) is 20.8 Å². The lowest BCUT2D eigenvalue weighted by atomic mass is 10.2. The third kappa shape index (κ3) is 4.99. The number of oxime groups is 1. The van der Waals surface area contributed by atoms with E-state index in [1.165, 1.54) is 0 Å². The van der Waals surface area contributed by atoms with Crippen LogP contribution in [0.4, 0.5) is 0 Å². The summed E-state index contributed by atoms with van der Waals surface area (Å²) in [4.78, 5) is 4.42. The Kier molecular flexibility index (Phi) is 7.07. The van der Waals surface area contributed by atoms with Gasteiger partial charge in [0, 0.05) is 13.1 Å². The smallest absolute Gasteiger partial charge is 0.156 e. The van der Waals surface area contributed by atoms with Crippen molar-refractivity contribution in [3.8, 4) is 0 Å². The molecule has 0 aliphatic carbocycles. The predicted molar refractivity (Wildman–Crippen MR) is 63.3 cm³/mol. The molecule has 0 aliphatic rings. The molecule has 3 N–H and O–H groups in total. The van der Waals surface area contributed by atoms with Gasteiger partial charge in [-0.3, -0.25) is 4.90 Å². The molecule has 0 amide bonds. The van der Waals surface area contributed by atoms with E-state index in [9.17, 15) is 0 Å². The van der Waals surface area contributed by atoms with Crippen LogP contribution in [0.5, 0.6) is 0 Å². The van der Waals surface area contributed by atoms with Gasteiger partial charge in [-0.2, -0.15) is 0 Å². The first-order valence-electron chi connectivity index (χ1n) is 5.46. The van der Waals surface area contributed by atoms with Gasteiger partial charge in [-0.15, -0.1) is 0 Å². The van der Waals surface area contributed by atoms with E-state index in [1.807, 2.05) is 14.0 Å². The molecule has 0 spiro atoms. The van der Waals surface area contributed by atoms with Crippen LogP contribution in [0.15, 0.2) is 5.16 Å². The topological polar surface area (TPSA) is 65.1 Å². The SMILES string of the molecule is CCN(CC)CCN(C)C(C)C(N)=NO. The zero-order chi connectivity index (χ0) is 11.8. The number of nitrogens with zero attached hydrogens (tertiary/aromatic N) is 3. The van der Waals surface area contributed by atoms with Gasteiger partial charge >= 0.3 is 0 Å². The molecule has 0 radical (unpaired) electrons. The first-order valence-corrected chi connectivity index (χ1v) is 5.46. The Morgan fingerprint density at radius 1 is 1.33 bits per heavy atom. The summed E-state index contributed by atoms with van der Waals surface area (Å²) in [6, 6.07) is -0.0226. The Bertz CT molecular complexity index is 192. The van der Waals surface area contributed by atoms with Gasteiger partial charge in [-0.25, -0.2) is 0 Å². The Balaban J connectivity index is 3.97. The van der Waals surface area contributed by atoms with Gasteiger partial charge in [0.1, 0.15) is 0 Å². The number of likely N-dealkylation sites (N-methyl/N-ethyl adjacent to an activating group) is 2. The van der Waals surface area contributed by atoms with Crippen molar-refractivity contribution in [1.82, 2.24) is 9.80 Å². The van der Waals surface area contributed by atoms with Crippen molar-refractivity contribution in [1.29, 1.82) is 0 Å². The molecular weight excluding hydrogens is 192 g/mol. The van der Waals surface area contributed by atoms with Crippen molar-refractivity contribution in [2.75, 3.05) is 33.2 Å². The summed E-state index contributed by atoms with van der Waals surface area (Å²) in [6.07, 6.45) is 0. The fourth-order valence-electron chi connectivity index (χ4n) is 1.34. The van der Waals surface area contributed by atoms with E-state index in [0.717, 1.165) is 26.2 Å². The number of hydrogen-bond donors (Lipinski definition) is 2. The molecule has 0 aromatic heterocycles. The van der Waals surface area contributed by atoms with E-state index in [1.54, 1.807) is 0 Å². The lowest BCUT2D eigenvalue weighted by molar-refractivity contribution is 0.226. The number of amidine groups is 1. The summed E-state index contributed by atoms with van der Waals surface area (Å²) in [5.74, 6) is 0.261. The molecule has 0 aromatic rings. The van der Waals surface area contributed by atoms with E-state index in [2.05, 4.69) is 28.8 Å². The minimum Gasteiger partial charge on any atom is -0.409 e. The molecule has 90 valence electrons. The van der Waals surface area contributed by atoms with Crippen molar-refractivity contribution in [3.63, 3.8) is 0 Å². The standard InChI is InChI=1S/C10H24N4O/c1-5-14(6-2)8-7-13(4)9(3)10(11)12-15/h9,15H,5-8H2,1-4H3,(H2,11,12). The number of rotatable bonds is 7. The van der Waals surface area contributed by atoms with E-state index in [4.69, 9.17) is 10.9 Å². The maximum absolute atomic E-state index is 8.55. The number of nitrogens with two attached hydrogens (primary N) is 1. The van der Waals surface area contributed by atoms with Gasteiger partial charge in [-0.1, -0.05) is 19.0 Å². The summed E-state index contributed by atoms with van der Waals surface area (Å²) >= 11 is 0. The molecule has 0 rings (SSSR count). The Hall–Kier alpha value is -0.810. The van der Waals surface area contributed by atoms with Crippen molar-refractivity contribution in [3.05, 3.63) is 0 Å². The molecule has 0 saturated heterocycles. The molecule has 0 fully saturated rings. The highest BCUT2D eigenvalue weighted by Gasteiger charge is 2.13. The summed E-state index contributed by atoms with van der Waals surface area (Å²) in [6.45, 7) is 10.3. The summed E-state index contributed by atoms with van der Waals surface area (Å²) in [7, 11) is 1.98. The van der Waals surface area contributed by atoms with Crippen molar-refractivity contribution in [2.24, 2.45) is 10.9 Å². The molecule has 0 saturated carbocycles. The van der Waals surface area contributed by atoms with E-state index < -0.39 is 0 Å². The second-order valence-electron chi connectivity index (χ2n) is 3.71. The van der Waals surface area contributed by atoms with Gasteiger partial charge in [0.05, 0.1) is 6.04 Å². The van der Waals surface area contributed by atoms with Crippen molar-refractivity contribution < 1.29 is 5.21 Å². The van der Waals surface area contributed by atoms with Gasteiger partial charge in [0.2, 0.25) is 0 Å². The molecule has 1 unspecified atom stereocenters. The molecule has 5 heteroatoms. The Labute approximate surface area is 92.5 Å². The molecule has 0 aliphatic heterocycles. The monoisotopic (exact) mass is 216 g/mol. The predicted octanol–water partition coefficient (Wildman–Crippen LogP) is 0.395. The fraction of sp³-hybridized carbons (Fsp3) is 0.900. The summed E-state index contributed by atoms with van der Waals surface area (Å²) in [5.41, 5.74) is 5.53. The van der Waals surface area contributed by atoms with Crippen molar-refractivity contribution in [2.45, 2.75) is 26.8 Å². The quantitative estimate of drug-likeness (QED) is 0.280. The lowest BCUT2D eigenvalue weighted by Gasteiger charge is -2.26. The molecule has 5 nitrogen and oxygen atoms in total. The van der Waals surface area contributed by atoms with Gasteiger partial charge in [0.25, 0.3) is 0 Å². The second kappa shape index (κ2) is 7.48. The van der Waals surface area contributed by atoms with E-state index in [0.29, 0.717) is 0 Å². The van der Waals surface area contributed by atoms with Crippen LogP contribution in [0.25, 0.3) is 0 Å². The van der Waals surface area contributed by atoms with Crippen LogP contribution < -0.4 is 5.73 Å². The first kappa shape index (κ1) is 14.2. The zero-order valence-corrected chi connectivity index (χ0v) is 10.3. The first-order chi connectivity index (χ1) is 7.06. The highest BCUT2D eigenvalue weighted by molar-refractivity contribution is 5.84. The maximum atomic E-state index is 8.55. The van der Waals surface area contributed by atoms with Crippen LogP contribution in [-0.2, 0) is 0 Å². The lowest BCUT2D eigenvalue weighted by Crippen LogP contribution is -2.44. The minimum atomic E-state index is -0.0226. The van der Waals surface area contributed by atoms with Gasteiger partial charge in [-0.05, 0) is 27.1 Å². The van der Waals surface area contributed by atoms with Gasteiger partial charge < -0.3 is 15.8 Å². The van der Waals surface area contributed by atoms with Crippen LogP contribution in [-0.4, -0.2) is 60.1 Å². The molecule has 15 heavy (non-hydrogen) atoms. The molecule has 1 atom stereocenters. The van der Waals surface area contributed by atoms with Crippen LogP contribution in [0.2, 0.25) is 0 Å². The van der Waals surface area contributed by atoms with Gasteiger partial charge in [0.15, 0.2) is 5.84 Å². The zero-order valence-electron chi connectivity index (χ0n) is 10.3. The maximum Gasteiger partial charge on any atom is 0.156 e. The summed E-state index contributed by atoms with van der Waals surface area (Å²) < 4.78 is 0. The highest BCUT2D eigenvalue weighted by Crippen LogP contribution is 1.96. The number of hydrogen-bond acceptors (Lipinski definition) is 4. The molecule has 0 bridgehead atoms. The van der Waals surface area contributed by atoms with Crippen molar-refractivity contribution >= 4 is 5.84 Å². The summed E-state index contributed by atoms with van der Waals surface area (Å²) in [5, 5.41) is 11.6. The molecule has 0 aromatic carbocycles. The van der Waals surface area contributed by atoms with Crippen LogP contribution in [0.3, 0.4) is 0 Å². The highest BCUT2D eigenvalue weighted by atomic mass is 16.4. The minimum absolute atomic E-state index is 0.0226. The largest absolute Gasteiger partial charge is 0.409 e. The molecular formula is C10H24N4O. The third-order valence-corrected chi connectivity index (χ3v) is 2.87. The normalized spacial score (nSPS) is 14.9. The Morgan fingerprint density at radius 2 is 1.87 bits per heavy atom. The average molecular weight is 216 g/mol. The second-order valence-corrected chi connectivity index (χ2v) is 3.71. The van der Waals surface area contributed by atoms with Crippen LogP contribution >= 0.6 is 0 Å².